The normalized spacial score (nSPS) is 13.6. The average molecular weight is 1490 g/mol. The molecule has 0 aliphatic carbocycles. The maximum Gasteiger partial charge on any atom is 0.338 e. The summed E-state index contributed by atoms with van der Waals surface area (Å²) in [6.45, 7) is 6.00. The Labute approximate surface area is 669 Å². The van der Waals surface area contributed by atoms with Gasteiger partial charge >= 0.3 is 17.9 Å². The number of ether oxygens (including phenoxy) is 4. The molecule has 10 heteroatoms. The van der Waals surface area contributed by atoms with E-state index in [4.69, 9.17) is 18.9 Å². The SMILES string of the molecule is C[C@H](c1ccccc1)N(C(=N)c1c2cccc1-c1ccc(cc1)C#Cc1cccc(c1)OCCCC=CCCCOC(=O)c1cccc(c1)C#Cc1ccc(cc1)-c1cccc(c1C(=O)O)-c1ccc(cc1)C#Cc1cccc(c1)C(=O)OCCCC=CCCCOc1cccc(c1)C#Cc1ccc-2cc1)[C@H](C)c1ccccc1. The first-order chi connectivity index (χ1) is 55.9. The molecular formula is C104H86N2O8. The highest BCUT2D eigenvalue weighted by molar-refractivity contribution is 6.09. The summed E-state index contributed by atoms with van der Waals surface area (Å²) in [5.41, 5.74) is 16.5. The molecule has 10 nitrogen and oxygen atoms in total. The number of carboxylic acids is 1. The van der Waals surface area contributed by atoms with Gasteiger partial charge in [0.15, 0.2) is 0 Å². The first kappa shape index (κ1) is 78.0. The van der Waals surface area contributed by atoms with Gasteiger partial charge in [-0.15, -0.1) is 0 Å². The summed E-state index contributed by atoms with van der Waals surface area (Å²) in [5, 5.41) is 21.2. The predicted octanol–water partition coefficient (Wildman–Crippen LogP) is 22.8. The Balaban J connectivity index is 0.700. The van der Waals surface area contributed by atoms with Crippen LogP contribution in [0.3, 0.4) is 0 Å². The molecule has 0 aromatic heterocycles. The molecule has 2 N–H and O–H groups in total. The lowest BCUT2D eigenvalue weighted by atomic mass is 9.88. The number of rotatable bonds is 6. The van der Waals surface area contributed by atoms with E-state index in [9.17, 15) is 24.9 Å². The van der Waals surface area contributed by atoms with Crippen molar-refractivity contribution in [3.63, 3.8) is 0 Å². The van der Waals surface area contributed by atoms with Crippen molar-refractivity contribution >= 4 is 23.7 Å². The number of hydrogen-bond donors (Lipinski definition) is 2. The number of esters is 2. The van der Waals surface area contributed by atoms with Gasteiger partial charge in [-0.25, -0.2) is 14.4 Å². The highest BCUT2D eigenvalue weighted by Crippen LogP contribution is 2.40. The van der Waals surface area contributed by atoms with Gasteiger partial charge in [0.05, 0.1) is 55.2 Å². The van der Waals surface area contributed by atoms with Gasteiger partial charge in [-0.2, -0.15) is 0 Å². The third kappa shape index (κ3) is 21.2. The zero-order chi connectivity index (χ0) is 78.6. The Kier molecular flexibility index (Phi) is 27.0. The summed E-state index contributed by atoms with van der Waals surface area (Å²) in [5.74, 6) is 26.2. The lowest BCUT2D eigenvalue weighted by Crippen LogP contribution is -2.36. The van der Waals surface area contributed by atoms with Crippen molar-refractivity contribution in [2.24, 2.45) is 0 Å². The van der Waals surface area contributed by atoms with Crippen LogP contribution in [0.25, 0.3) is 44.5 Å². The number of aromatic carboxylic acids is 1. The molecule has 0 amide bonds. The minimum atomic E-state index is -1.06. The van der Waals surface area contributed by atoms with E-state index in [0.29, 0.717) is 65.3 Å². The topological polar surface area (TPSA) is 135 Å². The summed E-state index contributed by atoms with van der Waals surface area (Å²) in [7, 11) is 0. The van der Waals surface area contributed by atoms with Crippen LogP contribution in [0.4, 0.5) is 0 Å². The highest BCUT2D eigenvalue weighted by Gasteiger charge is 2.30. The van der Waals surface area contributed by atoms with Gasteiger partial charge in [0.1, 0.15) is 17.3 Å². The van der Waals surface area contributed by atoms with Gasteiger partial charge in [-0.3, -0.25) is 5.41 Å². The lowest BCUT2D eigenvalue weighted by molar-refractivity contribution is 0.0492. The maximum atomic E-state index is 13.1. The van der Waals surface area contributed by atoms with Crippen LogP contribution in [0.15, 0.2) is 315 Å². The Hall–Kier alpha value is -14.2. The standard InChI is InChI=1S/C104H86N2O8/c1-75(85-31-13-11-14-32-85)106(76(2)86-33-15-12-16-34-86)101(105)99-95-39-25-40-96(99)88-61-53-80(54-62-88)46-50-84-30-24-38-94(74-84)112-68-18-8-4-6-10-20-70-114-104(110)92-36-22-28-82(72-92)48-44-78-57-65-90(66-58-78)98-42-26-41-97(100(98)102(107)108)89-63-55-77(56-64-89)43-47-81-27-21-35-91(71-81)103(109)113-69-19-9-5-3-7-17-67-111-93-37-23-29-83(73-93)49-45-79-51-59-87(95)60-52-79/h3-6,11-16,21-42,51-66,71-76,105H,7-10,17-20,67-70H2,1-2H3,(H,107,108)/t75-,76-/m1/s1. The fourth-order valence-corrected chi connectivity index (χ4v) is 13.6. The Morgan fingerprint density at radius 3 is 0.947 bits per heavy atom. The molecule has 114 heavy (non-hydrogen) atoms. The van der Waals surface area contributed by atoms with Crippen LogP contribution in [-0.2, 0) is 9.47 Å². The van der Waals surface area contributed by atoms with E-state index in [0.717, 1.165) is 133 Å². The van der Waals surface area contributed by atoms with Crippen molar-refractivity contribution in [2.75, 3.05) is 26.4 Å². The number of carbonyl (C=O) groups excluding carboxylic acids is 2. The molecule has 2 atom stereocenters. The molecule has 7 aliphatic rings. The lowest BCUT2D eigenvalue weighted by Gasteiger charge is -2.38. The summed E-state index contributed by atoms with van der Waals surface area (Å²) < 4.78 is 23.7. The van der Waals surface area contributed by atoms with E-state index in [1.54, 1.807) is 48.5 Å². The van der Waals surface area contributed by atoms with E-state index in [-0.39, 0.29) is 30.9 Å². The van der Waals surface area contributed by atoms with Crippen molar-refractivity contribution in [2.45, 2.75) is 77.3 Å². The van der Waals surface area contributed by atoms with Crippen molar-refractivity contribution in [1.82, 2.24) is 4.90 Å². The first-order valence-corrected chi connectivity index (χ1v) is 38.7. The molecule has 0 fully saturated rings. The van der Waals surface area contributed by atoms with Gasteiger partial charge in [-0.1, -0.05) is 242 Å². The average Bonchev–Trinajstić information content (AvgIpc) is 0.769. The summed E-state index contributed by atoms with van der Waals surface area (Å²) >= 11 is 0. The second kappa shape index (κ2) is 39.5. The van der Waals surface area contributed by atoms with Gasteiger partial charge in [0, 0.05) is 50.1 Å². The van der Waals surface area contributed by atoms with E-state index in [1.165, 1.54) is 0 Å². The Bertz CT molecular complexity index is 5380. The summed E-state index contributed by atoms with van der Waals surface area (Å²) in [6.07, 6.45) is 14.7. The van der Waals surface area contributed by atoms with Gasteiger partial charge in [0.25, 0.3) is 0 Å². The van der Waals surface area contributed by atoms with Gasteiger partial charge < -0.3 is 29.0 Å². The number of carbonyl (C=O) groups is 3. The highest BCUT2D eigenvalue weighted by atomic mass is 16.5. The number of nitrogens with one attached hydrogen (secondary N) is 1. The number of hydrogen-bond acceptors (Lipinski definition) is 8. The molecule has 7 aliphatic heterocycles. The van der Waals surface area contributed by atoms with Crippen LogP contribution in [0.2, 0.25) is 0 Å². The van der Waals surface area contributed by atoms with Crippen molar-refractivity contribution in [3.8, 4) is 103 Å². The predicted molar refractivity (Wildman–Crippen MR) is 456 cm³/mol. The zero-order valence-electron chi connectivity index (χ0n) is 63.9. The third-order valence-corrected chi connectivity index (χ3v) is 19.7. The fraction of sp³-hybridized carbons (Fsp3) is 0.154. The third-order valence-electron chi connectivity index (χ3n) is 19.7. The van der Waals surface area contributed by atoms with E-state index in [2.05, 4.69) is 181 Å². The Morgan fingerprint density at radius 2 is 0.614 bits per heavy atom. The molecule has 7 heterocycles. The number of nitrogens with zero attached hydrogens (tertiary/aromatic N) is 1. The van der Waals surface area contributed by atoms with Crippen molar-refractivity contribution in [3.05, 3.63) is 393 Å². The molecule has 560 valence electrons. The van der Waals surface area contributed by atoms with E-state index < -0.39 is 17.9 Å². The van der Waals surface area contributed by atoms with Crippen LogP contribution in [0, 0.1) is 52.8 Å². The second-order valence-electron chi connectivity index (χ2n) is 27.7. The van der Waals surface area contributed by atoms with Crippen LogP contribution in [-0.4, -0.2) is 60.2 Å². The fourth-order valence-electron chi connectivity index (χ4n) is 13.6. The molecule has 19 rings (SSSR count). The minimum absolute atomic E-state index is 0.162. The number of carboxylic acid groups (broad SMARTS) is 1. The van der Waals surface area contributed by atoms with Crippen LogP contribution < -0.4 is 9.47 Å². The van der Waals surface area contributed by atoms with Crippen molar-refractivity contribution < 1.29 is 38.4 Å². The smallest absolute Gasteiger partial charge is 0.338 e. The molecule has 0 saturated carbocycles. The van der Waals surface area contributed by atoms with E-state index >= 15 is 0 Å². The number of allylic oxidation sites excluding steroid dienone is 4. The van der Waals surface area contributed by atoms with E-state index in [1.807, 2.05) is 152 Å². The summed E-state index contributed by atoms with van der Waals surface area (Å²) in [6, 6.07) is 93.6. The quantitative estimate of drug-likeness (QED) is 0.0548. The number of benzene rings is 12. The number of amidine groups is 1. The molecule has 12 aromatic rings. The minimum Gasteiger partial charge on any atom is -0.494 e. The molecule has 0 spiro atoms. The molecule has 20 bridgehead atoms. The van der Waals surface area contributed by atoms with Gasteiger partial charge in [0.2, 0.25) is 0 Å². The van der Waals surface area contributed by atoms with Crippen LogP contribution in [0.5, 0.6) is 11.5 Å². The monoisotopic (exact) mass is 1490 g/mol. The second-order valence-corrected chi connectivity index (χ2v) is 27.7. The first-order valence-electron chi connectivity index (χ1n) is 38.7. The largest absolute Gasteiger partial charge is 0.494 e. The molecule has 0 unspecified atom stereocenters. The van der Waals surface area contributed by atoms with Crippen LogP contribution >= 0.6 is 0 Å². The summed E-state index contributed by atoms with van der Waals surface area (Å²) in [4.78, 5) is 41.5. The molecule has 12 aromatic carbocycles. The van der Waals surface area contributed by atoms with Crippen LogP contribution in [0.1, 0.15) is 170 Å². The molecule has 0 saturated heterocycles. The zero-order valence-corrected chi connectivity index (χ0v) is 63.9. The molecular weight excluding hydrogens is 1410 g/mol. The van der Waals surface area contributed by atoms with Gasteiger partial charge in [-0.05, 0) is 242 Å². The Morgan fingerprint density at radius 1 is 0.325 bits per heavy atom. The maximum absolute atomic E-state index is 13.1. The van der Waals surface area contributed by atoms with Crippen molar-refractivity contribution in [1.29, 1.82) is 5.41 Å². The molecule has 0 radical (unpaired) electrons.